The van der Waals surface area contributed by atoms with Crippen LogP contribution in [0.25, 0.3) is 0 Å². The molecule has 1 atom stereocenters. The van der Waals surface area contributed by atoms with Gasteiger partial charge in [0, 0.05) is 9.75 Å². The lowest BCUT2D eigenvalue weighted by molar-refractivity contribution is 1.10. The lowest BCUT2D eigenvalue weighted by Gasteiger charge is -2.08. The Morgan fingerprint density at radius 2 is 1.87 bits per heavy atom. The summed E-state index contributed by atoms with van der Waals surface area (Å²) in [6, 6.07) is 14.5. The molecule has 2 rings (SSSR count). The van der Waals surface area contributed by atoms with E-state index in [-0.39, 0.29) is 5.92 Å². The zero-order chi connectivity index (χ0) is 10.7. The number of aryl methyl sites for hydroxylation is 1. The summed E-state index contributed by atoms with van der Waals surface area (Å²) in [6.07, 6.45) is 5.60. The summed E-state index contributed by atoms with van der Waals surface area (Å²) in [5.41, 5.74) is 1.20. The van der Waals surface area contributed by atoms with Crippen LogP contribution in [0.1, 0.15) is 21.2 Å². The molecule has 1 heteroatoms. The number of thiophene rings is 1. The van der Waals surface area contributed by atoms with E-state index in [2.05, 4.69) is 37.1 Å². The van der Waals surface area contributed by atoms with Crippen molar-refractivity contribution in [3.05, 3.63) is 57.8 Å². The van der Waals surface area contributed by atoms with Gasteiger partial charge >= 0.3 is 0 Å². The van der Waals surface area contributed by atoms with Crippen molar-refractivity contribution in [2.24, 2.45) is 0 Å². The van der Waals surface area contributed by atoms with Crippen LogP contribution in [-0.4, -0.2) is 0 Å². The Kier molecular flexibility index (Phi) is 2.89. The van der Waals surface area contributed by atoms with Crippen LogP contribution in [-0.2, 0) is 0 Å². The van der Waals surface area contributed by atoms with Gasteiger partial charge in [0.2, 0.25) is 0 Å². The maximum atomic E-state index is 5.60. The minimum absolute atomic E-state index is 0.102. The van der Waals surface area contributed by atoms with Gasteiger partial charge in [-0.2, -0.15) is 0 Å². The highest BCUT2D eigenvalue weighted by Gasteiger charge is 2.12. The third-order valence-corrected chi connectivity index (χ3v) is 3.41. The molecule has 0 saturated heterocycles. The lowest BCUT2D eigenvalue weighted by Crippen LogP contribution is -1.94. The maximum absolute atomic E-state index is 5.60. The average molecular weight is 212 g/mol. The Labute approximate surface area is 94.6 Å². The molecule has 0 nitrogen and oxygen atoms in total. The van der Waals surface area contributed by atoms with Crippen LogP contribution in [0.2, 0.25) is 0 Å². The molecule has 1 unspecified atom stereocenters. The number of benzene rings is 1. The van der Waals surface area contributed by atoms with Gasteiger partial charge in [-0.15, -0.1) is 17.8 Å². The van der Waals surface area contributed by atoms with Gasteiger partial charge in [0.25, 0.3) is 0 Å². The second-order valence-electron chi connectivity index (χ2n) is 3.46. The molecule has 0 N–H and O–H groups in total. The largest absolute Gasteiger partial charge is 0.144 e. The first-order valence-electron chi connectivity index (χ1n) is 4.88. The summed E-state index contributed by atoms with van der Waals surface area (Å²) < 4.78 is 0. The van der Waals surface area contributed by atoms with E-state index >= 15 is 0 Å². The zero-order valence-corrected chi connectivity index (χ0v) is 9.42. The van der Waals surface area contributed by atoms with Gasteiger partial charge in [-0.1, -0.05) is 36.3 Å². The molecule has 0 amide bonds. The van der Waals surface area contributed by atoms with Gasteiger partial charge in [0.15, 0.2) is 0 Å². The van der Waals surface area contributed by atoms with Crippen molar-refractivity contribution in [2.75, 3.05) is 0 Å². The predicted octanol–water partition coefficient (Wildman–Crippen LogP) is 3.82. The molecule has 0 saturated carbocycles. The Morgan fingerprint density at radius 1 is 1.13 bits per heavy atom. The second kappa shape index (κ2) is 4.33. The molecule has 74 valence electrons. The standard InChI is InChI=1S/C14H12S/c1-3-13(12-7-5-4-6-8-12)14-10-9-11(2)15-14/h1,4-10,13H,2H3. The van der Waals surface area contributed by atoms with Crippen LogP contribution in [0.3, 0.4) is 0 Å². The second-order valence-corrected chi connectivity index (χ2v) is 4.78. The monoisotopic (exact) mass is 212 g/mol. The summed E-state index contributed by atoms with van der Waals surface area (Å²) in [6.45, 7) is 2.10. The topological polar surface area (TPSA) is 0 Å². The summed E-state index contributed by atoms with van der Waals surface area (Å²) in [7, 11) is 0. The molecule has 0 radical (unpaired) electrons. The molecule has 0 spiro atoms. The van der Waals surface area contributed by atoms with Gasteiger partial charge in [0.05, 0.1) is 5.92 Å². The number of terminal acetylenes is 1. The van der Waals surface area contributed by atoms with Crippen LogP contribution >= 0.6 is 11.3 Å². The van der Waals surface area contributed by atoms with E-state index in [9.17, 15) is 0 Å². The SMILES string of the molecule is C#CC(c1ccccc1)c1ccc(C)s1. The van der Waals surface area contributed by atoms with Gasteiger partial charge in [0.1, 0.15) is 0 Å². The highest BCUT2D eigenvalue weighted by molar-refractivity contribution is 7.12. The molecule has 1 aromatic heterocycles. The van der Waals surface area contributed by atoms with E-state index in [4.69, 9.17) is 6.42 Å². The molecule has 0 bridgehead atoms. The van der Waals surface area contributed by atoms with Crippen molar-refractivity contribution in [1.82, 2.24) is 0 Å². The molecular formula is C14H12S. The van der Waals surface area contributed by atoms with Crippen LogP contribution in [0, 0.1) is 19.3 Å². The zero-order valence-electron chi connectivity index (χ0n) is 8.60. The Bertz CT molecular complexity index is 474. The third kappa shape index (κ3) is 2.11. The van der Waals surface area contributed by atoms with Crippen molar-refractivity contribution >= 4 is 11.3 Å². The fourth-order valence-electron chi connectivity index (χ4n) is 1.60. The summed E-state index contributed by atoms with van der Waals surface area (Å²) in [4.78, 5) is 2.56. The van der Waals surface area contributed by atoms with Crippen molar-refractivity contribution in [2.45, 2.75) is 12.8 Å². The first-order chi connectivity index (χ1) is 7.31. The van der Waals surface area contributed by atoms with Crippen LogP contribution < -0.4 is 0 Å². The summed E-state index contributed by atoms with van der Waals surface area (Å²) in [5, 5.41) is 0. The fourth-order valence-corrected chi connectivity index (χ4v) is 2.56. The molecule has 0 aliphatic heterocycles. The fraction of sp³-hybridized carbons (Fsp3) is 0.143. The van der Waals surface area contributed by atoms with E-state index in [0.29, 0.717) is 0 Å². The van der Waals surface area contributed by atoms with Crippen LogP contribution in [0.15, 0.2) is 42.5 Å². The predicted molar refractivity (Wildman–Crippen MR) is 66.2 cm³/mol. The Morgan fingerprint density at radius 3 is 2.40 bits per heavy atom. The highest BCUT2D eigenvalue weighted by atomic mass is 32.1. The molecule has 1 aromatic carbocycles. The molecule has 1 heterocycles. The van der Waals surface area contributed by atoms with Crippen molar-refractivity contribution in [3.63, 3.8) is 0 Å². The van der Waals surface area contributed by atoms with E-state index in [1.54, 1.807) is 11.3 Å². The minimum atomic E-state index is 0.102. The Balaban J connectivity index is 2.38. The van der Waals surface area contributed by atoms with E-state index in [1.807, 2.05) is 18.2 Å². The smallest absolute Gasteiger partial charge is 0.0792 e. The average Bonchev–Trinajstić information content (AvgIpc) is 2.68. The summed E-state index contributed by atoms with van der Waals surface area (Å²) >= 11 is 1.77. The lowest BCUT2D eigenvalue weighted by atomic mass is 9.99. The quantitative estimate of drug-likeness (QED) is 0.664. The van der Waals surface area contributed by atoms with Crippen molar-refractivity contribution < 1.29 is 0 Å². The minimum Gasteiger partial charge on any atom is -0.144 e. The third-order valence-electron chi connectivity index (χ3n) is 2.35. The molecule has 0 fully saturated rings. The van der Waals surface area contributed by atoms with Gasteiger partial charge in [-0.05, 0) is 24.6 Å². The van der Waals surface area contributed by atoms with E-state index in [0.717, 1.165) is 0 Å². The first kappa shape index (κ1) is 10.0. The van der Waals surface area contributed by atoms with Crippen LogP contribution in [0.4, 0.5) is 0 Å². The molecular weight excluding hydrogens is 200 g/mol. The van der Waals surface area contributed by atoms with Gasteiger partial charge < -0.3 is 0 Å². The summed E-state index contributed by atoms with van der Waals surface area (Å²) in [5.74, 6) is 2.96. The van der Waals surface area contributed by atoms with Gasteiger partial charge in [-0.25, -0.2) is 0 Å². The molecule has 0 aliphatic rings. The van der Waals surface area contributed by atoms with Crippen LogP contribution in [0.5, 0.6) is 0 Å². The van der Waals surface area contributed by atoms with Crippen molar-refractivity contribution in [1.29, 1.82) is 0 Å². The normalized spacial score (nSPS) is 12.0. The van der Waals surface area contributed by atoms with E-state index in [1.165, 1.54) is 15.3 Å². The molecule has 15 heavy (non-hydrogen) atoms. The molecule has 2 aromatic rings. The van der Waals surface area contributed by atoms with Crippen molar-refractivity contribution in [3.8, 4) is 12.3 Å². The Hall–Kier alpha value is -1.52. The first-order valence-corrected chi connectivity index (χ1v) is 5.70. The van der Waals surface area contributed by atoms with Gasteiger partial charge in [-0.3, -0.25) is 0 Å². The highest BCUT2D eigenvalue weighted by Crippen LogP contribution is 2.29. The maximum Gasteiger partial charge on any atom is 0.0792 e. The number of hydrogen-bond donors (Lipinski definition) is 0. The molecule has 0 aliphatic carbocycles. The number of hydrogen-bond acceptors (Lipinski definition) is 1. The number of rotatable bonds is 2. The van der Waals surface area contributed by atoms with E-state index < -0.39 is 0 Å².